The van der Waals surface area contributed by atoms with Gasteiger partial charge in [0.05, 0.1) is 31.9 Å². The van der Waals surface area contributed by atoms with E-state index in [1.165, 1.54) is 18.9 Å². The van der Waals surface area contributed by atoms with Crippen LogP contribution in [0.2, 0.25) is 5.02 Å². The second kappa shape index (κ2) is 9.60. The smallest absolute Gasteiger partial charge is 0.249 e. The Morgan fingerprint density at radius 2 is 1.78 bits per heavy atom. The normalized spacial score (nSPS) is 15.0. The van der Waals surface area contributed by atoms with Crippen LogP contribution >= 0.6 is 11.6 Å². The monoisotopic (exact) mass is 513 g/mol. The van der Waals surface area contributed by atoms with Crippen LogP contribution in [-0.4, -0.2) is 24.9 Å². The van der Waals surface area contributed by atoms with E-state index in [2.05, 4.69) is 9.97 Å². The number of pyridine rings is 3. The second-order valence-corrected chi connectivity index (χ2v) is 11.2. The minimum Gasteiger partial charge on any atom is -0.307 e. The lowest BCUT2D eigenvalue weighted by Crippen LogP contribution is -2.12. The first-order valence-electron chi connectivity index (χ1n) is 12.1. The third kappa shape index (κ3) is 4.25. The van der Waals surface area contributed by atoms with Crippen LogP contribution < -0.4 is 5.56 Å². The van der Waals surface area contributed by atoms with Crippen LogP contribution in [0.15, 0.2) is 82.6 Å². The van der Waals surface area contributed by atoms with Crippen LogP contribution in [0.25, 0.3) is 44.3 Å². The zero-order chi connectivity index (χ0) is 24.6. The van der Waals surface area contributed by atoms with Crippen molar-refractivity contribution in [1.29, 1.82) is 0 Å². The van der Waals surface area contributed by atoms with E-state index in [1.54, 1.807) is 12.3 Å². The molecule has 5 aromatic rings. The van der Waals surface area contributed by atoms with E-state index in [4.69, 9.17) is 16.6 Å². The van der Waals surface area contributed by atoms with Gasteiger partial charge in [0.1, 0.15) is 5.65 Å². The van der Waals surface area contributed by atoms with Crippen molar-refractivity contribution in [3.05, 3.63) is 88.3 Å². The molecule has 1 aliphatic carbocycles. The largest absolute Gasteiger partial charge is 0.307 e. The van der Waals surface area contributed by atoms with Gasteiger partial charge in [0.25, 0.3) is 0 Å². The van der Waals surface area contributed by atoms with E-state index in [0.717, 1.165) is 40.4 Å². The van der Waals surface area contributed by atoms with Crippen LogP contribution in [0.3, 0.4) is 0 Å². The number of halogens is 1. The van der Waals surface area contributed by atoms with Gasteiger partial charge in [-0.05, 0) is 48.6 Å². The first-order chi connectivity index (χ1) is 17.6. The van der Waals surface area contributed by atoms with Gasteiger partial charge in [0.15, 0.2) is 0 Å². The average Bonchev–Trinajstić information content (AvgIpc) is 3.41. The molecule has 1 N–H and O–H groups in total. The van der Waals surface area contributed by atoms with Gasteiger partial charge >= 0.3 is 0 Å². The predicted molar refractivity (Wildman–Crippen MR) is 147 cm³/mol. The summed E-state index contributed by atoms with van der Waals surface area (Å²) in [7, 11) is -1.31. The molecule has 3 heterocycles. The third-order valence-electron chi connectivity index (χ3n) is 6.91. The summed E-state index contributed by atoms with van der Waals surface area (Å²) in [6.45, 7) is 0. The molecule has 0 amide bonds. The molecule has 1 fully saturated rings. The van der Waals surface area contributed by atoms with E-state index < -0.39 is 10.8 Å². The average molecular weight is 514 g/mol. The van der Waals surface area contributed by atoms with Crippen molar-refractivity contribution in [2.24, 2.45) is 5.92 Å². The standard InChI is InChI=1S/C29H24ClN3O2S/c30-23-16-21(15-20-11-6-14-31-26(20)23)25-27(19-9-2-1-3-10-19)33-29-22(12-13-24(34)32-29)28(25)36(35)17-18-7-4-5-8-18/h1-3,6,9-16,18H,4-5,7-8,17H2,(H,32,33,34). The van der Waals surface area contributed by atoms with E-state index in [9.17, 15) is 9.00 Å². The van der Waals surface area contributed by atoms with E-state index in [-0.39, 0.29) is 5.56 Å². The maximum atomic E-state index is 14.2. The zero-order valence-corrected chi connectivity index (χ0v) is 21.1. The van der Waals surface area contributed by atoms with Crippen molar-refractivity contribution in [3.63, 3.8) is 0 Å². The first kappa shape index (κ1) is 23.1. The maximum Gasteiger partial charge on any atom is 0.249 e. The summed E-state index contributed by atoms with van der Waals surface area (Å²) >= 11 is 6.71. The number of aromatic nitrogens is 3. The molecular weight excluding hydrogens is 490 g/mol. The number of aromatic amines is 1. The fraction of sp³-hybridized carbons (Fsp3) is 0.207. The van der Waals surface area contributed by atoms with Crippen LogP contribution in [0, 0.1) is 5.92 Å². The van der Waals surface area contributed by atoms with Gasteiger partial charge in [0, 0.05) is 39.9 Å². The molecule has 0 spiro atoms. The molecule has 0 bridgehead atoms. The van der Waals surface area contributed by atoms with E-state index >= 15 is 0 Å². The van der Waals surface area contributed by atoms with Crippen molar-refractivity contribution < 1.29 is 4.21 Å². The summed E-state index contributed by atoms with van der Waals surface area (Å²) in [6, 6.07) is 20.8. The number of rotatable bonds is 5. The van der Waals surface area contributed by atoms with Crippen molar-refractivity contribution in [1.82, 2.24) is 15.0 Å². The fourth-order valence-electron chi connectivity index (χ4n) is 5.22. The van der Waals surface area contributed by atoms with Crippen LogP contribution in [-0.2, 0) is 10.8 Å². The van der Waals surface area contributed by atoms with Crippen LogP contribution in [0.5, 0.6) is 0 Å². The molecule has 1 unspecified atom stereocenters. The molecule has 3 aromatic heterocycles. The lowest BCUT2D eigenvalue weighted by molar-refractivity contribution is 0.605. The molecule has 180 valence electrons. The predicted octanol–water partition coefficient (Wildman–Crippen LogP) is 6.76. The first-order valence-corrected chi connectivity index (χ1v) is 13.8. The Morgan fingerprint density at radius 3 is 2.58 bits per heavy atom. The van der Waals surface area contributed by atoms with Crippen molar-refractivity contribution >= 4 is 44.3 Å². The van der Waals surface area contributed by atoms with Gasteiger partial charge in [0.2, 0.25) is 5.56 Å². The number of nitrogens with zero attached hydrogens (tertiary/aromatic N) is 2. The van der Waals surface area contributed by atoms with Crippen molar-refractivity contribution in [2.75, 3.05) is 5.75 Å². The quantitative estimate of drug-likeness (QED) is 0.282. The summed E-state index contributed by atoms with van der Waals surface area (Å²) < 4.78 is 14.2. The molecule has 1 saturated carbocycles. The molecule has 0 saturated heterocycles. The van der Waals surface area contributed by atoms with Gasteiger partial charge in [-0.15, -0.1) is 0 Å². The molecular formula is C29H24ClN3O2S. The Balaban J connectivity index is 1.70. The Kier molecular flexibility index (Phi) is 6.15. The van der Waals surface area contributed by atoms with Crippen molar-refractivity contribution in [2.45, 2.75) is 30.6 Å². The highest BCUT2D eigenvalue weighted by Crippen LogP contribution is 2.42. The highest BCUT2D eigenvalue weighted by molar-refractivity contribution is 7.85. The molecule has 1 aliphatic rings. The third-order valence-corrected chi connectivity index (χ3v) is 8.86. The Hall–Kier alpha value is -3.35. The van der Waals surface area contributed by atoms with E-state index in [1.807, 2.05) is 54.6 Å². The zero-order valence-electron chi connectivity index (χ0n) is 19.5. The van der Waals surface area contributed by atoms with Gasteiger partial charge < -0.3 is 4.98 Å². The van der Waals surface area contributed by atoms with Crippen molar-refractivity contribution in [3.8, 4) is 22.4 Å². The number of hydrogen-bond acceptors (Lipinski definition) is 4. The SMILES string of the molecule is O=c1ccc2c(S(=O)CC3CCCC3)c(-c3cc(Cl)c4ncccc4c3)c(-c3ccccc3)nc2[nH]1. The molecule has 6 rings (SSSR count). The minimum absolute atomic E-state index is 0.242. The lowest BCUT2D eigenvalue weighted by Gasteiger charge is -2.19. The summed E-state index contributed by atoms with van der Waals surface area (Å²) in [5.41, 5.74) is 4.07. The molecule has 0 aliphatic heterocycles. The van der Waals surface area contributed by atoms with Crippen LogP contribution in [0.4, 0.5) is 0 Å². The lowest BCUT2D eigenvalue weighted by atomic mass is 9.96. The summed E-state index contributed by atoms with van der Waals surface area (Å²) in [5.74, 6) is 1.01. The molecule has 36 heavy (non-hydrogen) atoms. The summed E-state index contributed by atoms with van der Waals surface area (Å²) in [6.07, 6.45) is 6.28. The highest BCUT2D eigenvalue weighted by atomic mass is 35.5. The van der Waals surface area contributed by atoms with Gasteiger partial charge in [-0.1, -0.05) is 60.8 Å². The summed E-state index contributed by atoms with van der Waals surface area (Å²) in [5, 5.41) is 2.12. The van der Waals surface area contributed by atoms with Gasteiger partial charge in [-0.3, -0.25) is 14.0 Å². The maximum absolute atomic E-state index is 14.2. The Bertz CT molecular complexity index is 1680. The van der Waals surface area contributed by atoms with Crippen LogP contribution in [0.1, 0.15) is 25.7 Å². The molecule has 5 nitrogen and oxygen atoms in total. The number of nitrogens with one attached hydrogen (secondary N) is 1. The van der Waals surface area contributed by atoms with E-state index in [0.29, 0.717) is 38.3 Å². The molecule has 0 radical (unpaired) electrons. The Labute approximate surface area is 216 Å². The molecule has 1 atom stereocenters. The number of hydrogen-bond donors (Lipinski definition) is 1. The topological polar surface area (TPSA) is 75.7 Å². The molecule has 7 heteroatoms. The summed E-state index contributed by atoms with van der Waals surface area (Å²) in [4.78, 5) is 25.2. The number of H-pyrrole nitrogens is 1. The molecule has 2 aromatic carbocycles. The highest BCUT2D eigenvalue weighted by Gasteiger charge is 2.26. The number of fused-ring (bicyclic) bond motifs is 2. The number of benzene rings is 2. The minimum atomic E-state index is -1.31. The van der Waals surface area contributed by atoms with Gasteiger partial charge in [-0.25, -0.2) is 4.98 Å². The van der Waals surface area contributed by atoms with Gasteiger partial charge in [-0.2, -0.15) is 0 Å². The Morgan fingerprint density at radius 1 is 0.972 bits per heavy atom. The fourth-order valence-corrected chi connectivity index (χ4v) is 7.28. The second-order valence-electron chi connectivity index (χ2n) is 9.31.